The monoisotopic (exact) mass is 340 g/mol. The number of nitrogens with one attached hydrogen (secondary N) is 1. The SMILES string of the molecule is CC1CC(C)CC(NCc2ccc(Br)cc2[N+](=O)[O-])C1. The van der Waals surface area contributed by atoms with Crippen LogP contribution in [0.2, 0.25) is 0 Å². The largest absolute Gasteiger partial charge is 0.310 e. The number of hydrogen-bond donors (Lipinski definition) is 1. The van der Waals surface area contributed by atoms with Crippen molar-refractivity contribution >= 4 is 21.6 Å². The van der Waals surface area contributed by atoms with Gasteiger partial charge in [0, 0.05) is 28.7 Å². The van der Waals surface area contributed by atoms with Crippen LogP contribution < -0.4 is 5.32 Å². The first-order chi connectivity index (χ1) is 9.45. The summed E-state index contributed by atoms with van der Waals surface area (Å²) < 4.78 is 0.743. The van der Waals surface area contributed by atoms with Gasteiger partial charge in [0.15, 0.2) is 0 Å². The first-order valence-electron chi connectivity index (χ1n) is 7.12. The zero-order chi connectivity index (χ0) is 14.7. The van der Waals surface area contributed by atoms with Crippen LogP contribution in [0, 0.1) is 22.0 Å². The lowest BCUT2D eigenvalue weighted by atomic mass is 9.80. The Bertz CT molecular complexity index is 483. The highest BCUT2D eigenvalue weighted by Gasteiger charge is 2.24. The molecule has 0 saturated heterocycles. The summed E-state index contributed by atoms with van der Waals surface area (Å²) in [4.78, 5) is 10.8. The highest BCUT2D eigenvalue weighted by atomic mass is 79.9. The van der Waals surface area contributed by atoms with E-state index >= 15 is 0 Å². The van der Waals surface area contributed by atoms with Gasteiger partial charge in [0.05, 0.1) is 4.92 Å². The van der Waals surface area contributed by atoms with Gasteiger partial charge in [-0.1, -0.05) is 29.8 Å². The Balaban J connectivity index is 2.02. The van der Waals surface area contributed by atoms with Gasteiger partial charge in [-0.3, -0.25) is 10.1 Å². The maximum atomic E-state index is 11.1. The maximum absolute atomic E-state index is 11.1. The number of nitro benzene ring substituents is 1. The second kappa shape index (κ2) is 6.68. The van der Waals surface area contributed by atoms with Crippen LogP contribution in [-0.4, -0.2) is 11.0 Å². The minimum absolute atomic E-state index is 0.184. The van der Waals surface area contributed by atoms with E-state index < -0.39 is 0 Å². The third-order valence-corrected chi connectivity index (χ3v) is 4.50. The smallest absolute Gasteiger partial charge is 0.275 e. The van der Waals surface area contributed by atoms with Gasteiger partial charge in [0.1, 0.15) is 0 Å². The quantitative estimate of drug-likeness (QED) is 0.657. The van der Waals surface area contributed by atoms with Crippen LogP contribution in [0.3, 0.4) is 0 Å². The van der Waals surface area contributed by atoms with E-state index in [2.05, 4.69) is 35.1 Å². The molecule has 0 amide bonds. The van der Waals surface area contributed by atoms with Crippen molar-refractivity contribution < 1.29 is 4.92 Å². The van der Waals surface area contributed by atoms with Gasteiger partial charge < -0.3 is 5.32 Å². The highest BCUT2D eigenvalue weighted by Crippen LogP contribution is 2.29. The molecule has 1 saturated carbocycles. The van der Waals surface area contributed by atoms with E-state index in [1.807, 2.05) is 12.1 Å². The molecule has 0 aliphatic heterocycles. The third-order valence-electron chi connectivity index (χ3n) is 4.00. The van der Waals surface area contributed by atoms with E-state index in [4.69, 9.17) is 0 Å². The van der Waals surface area contributed by atoms with Gasteiger partial charge in [0.25, 0.3) is 5.69 Å². The summed E-state index contributed by atoms with van der Waals surface area (Å²) in [5.74, 6) is 1.47. The fourth-order valence-corrected chi connectivity index (χ4v) is 3.57. The second-order valence-electron chi connectivity index (χ2n) is 6.03. The van der Waals surface area contributed by atoms with Gasteiger partial charge >= 0.3 is 0 Å². The van der Waals surface area contributed by atoms with Gasteiger partial charge in [0.2, 0.25) is 0 Å². The topological polar surface area (TPSA) is 55.2 Å². The van der Waals surface area contributed by atoms with Gasteiger partial charge in [-0.05, 0) is 43.2 Å². The summed E-state index contributed by atoms with van der Waals surface area (Å²) in [7, 11) is 0. The minimum Gasteiger partial charge on any atom is -0.310 e. The predicted molar refractivity (Wildman–Crippen MR) is 83.6 cm³/mol. The molecule has 0 aromatic heterocycles. The fraction of sp³-hybridized carbons (Fsp3) is 0.600. The molecule has 0 spiro atoms. The average Bonchev–Trinajstić information content (AvgIpc) is 2.36. The summed E-state index contributed by atoms with van der Waals surface area (Å²) in [5, 5.41) is 14.6. The Kier molecular flexibility index (Phi) is 5.16. The molecule has 1 N–H and O–H groups in total. The minimum atomic E-state index is -0.312. The summed E-state index contributed by atoms with van der Waals surface area (Å²) in [5.41, 5.74) is 0.938. The number of nitrogens with zero attached hydrogens (tertiary/aromatic N) is 1. The average molecular weight is 341 g/mol. The van der Waals surface area contributed by atoms with Crippen LogP contribution in [0.5, 0.6) is 0 Å². The molecule has 2 atom stereocenters. The second-order valence-corrected chi connectivity index (χ2v) is 6.94. The van der Waals surface area contributed by atoms with E-state index in [1.54, 1.807) is 6.07 Å². The van der Waals surface area contributed by atoms with Crippen molar-refractivity contribution in [1.82, 2.24) is 5.32 Å². The lowest BCUT2D eigenvalue weighted by molar-refractivity contribution is -0.385. The Hall–Kier alpha value is -0.940. The highest BCUT2D eigenvalue weighted by molar-refractivity contribution is 9.10. The van der Waals surface area contributed by atoms with Crippen molar-refractivity contribution in [3.63, 3.8) is 0 Å². The molecule has 1 aromatic rings. The molecule has 110 valence electrons. The first kappa shape index (κ1) is 15.4. The maximum Gasteiger partial charge on any atom is 0.275 e. The zero-order valence-corrected chi connectivity index (χ0v) is 13.5. The van der Waals surface area contributed by atoms with Crippen LogP contribution in [0.25, 0.3) is 0 Å². The molecule has 1 aliphatic rings. The molecule has 1 aliphatic carbocycles. The van der Waals surface area contributed by atoms with Gasteiger partial charge in [-0.15, -0.1) is 0 Å². The number of rotatable bonds is 4. The molecule has 4 nitrogen and oxygen atoms in total. The molecule has 20 heavy (non-hydrogen) atoms. The molecule has 2 unspecified atom stereocenters. The van der Waals surface area contributed by atoms with Crippen molar-refractivity contribution in [2.75, 3.05) is 0 Å². The summed E-state index contributed by atoms with van der Waals surface area (Å²) in [6.07, 6.45) is 3.61. The van der Waals surface area contributed by atoms with Crippen molar-refractivity contribution in [2.45, 2.75) is 45.7 Å². The Morgan fingerprint density at radius 3 is 2.55 bits per heavy atom. The van der Waals surface area contributed by atoms with Crippen LogP contribution in [0.4, 0.5) is 5.69 Å². The lowest BCUT2D eigenvalue weighted by Crippen LogP contribution is -2.36. The molecule has 0 heterocycles. The van der Waals surface area contributed by atoms with Gasteiger partial charge in [-0.25, -0.2) is 0 Å². The molecule has 1 fully saturated rings. The van der Waals surface area contributed by atoms with E-state index in [9.17, 15) is 10.1 Å². The van der Waals surface area contributed by atoms with Crippen molar-refractivity contribution in [3.8, 4) is 0 Å². The van der Waals surface area contributed by atoms with Crippen molar-refractivity contribution in [1.29, 1.82) is 0 Å². The fourth-order valence-electron chi connectivity index (χ4n) is 3.22. The van der Waals surface area contributed by atoms with Crippen LogP contribution >= 0.6 is 15.9 Å². The Labute approximate surface area is 128 Å². The molecule has 2 rings (SSSR count). The first-order valence-corrected chi connectivity index (χ1v) is 7.91. The third kappa shape index (κ3) is 4.03. The Morgan fingerprint density at radius 2 is 1.95 bits per heavy atom. The molecule has 1 aromatic carbocycles. The summed E-state index contributed by atoms with van der Waals surface area (Å²) >= 11 is 3.28. The molecule has 0 radical (unpaired) electrons. The predicted octanol–water partition coefficient (Wildman–Crippen LogP) is 4.27. The van der Waals surface area contributed by atoms with E-state index in [-0.39, 0.29) is 10.6 Å². The molecule has 0 bridgehead atoms. The van der Waals surface area contributed by atoms with Crippen LogP contribution in [-0.2, 0) is 6.54 Å². The van der Waals surface area contributed by atoms with E-state index in [1.165, 1.54) is 6.42 Å². The van der Waals surface area contributed by atoms with Crippen molar-refractivity contribution in [3.05, 3.63) is 38.3 Å². The Morgan fingerprint density at radius 1 is 1.30 bits per heavy atom. The normalized spacial score (nSPS) is 26.4. The van der Waals surface area contributed by atoms with Crippen LogP contribution in [0.1, 0.15) is 38.7 Å². The lowest BCUT2D eigenvalue weighted by Gasteiger charge is -2.32. The van der Waals surface area contributed by atoms with E-state index in [0.717, 1.165) is 34.7 Å². The van der Waals surface area contributed by atoms with E-state index in [0.29, 0.717) is 12.6 Å². The molecular formula is C15H21BrN2O2. The number of hydrogen-bond acceptors (Lipinski definition) is 3. The standard InChI is InChI=1S/C15H21BrN2O2/c1-10-5-11(2)7-14(6-10)17-9-12-3-4-13(16)8-15(12)18(19)20/h3-4,8,10-11,14,17H,5-7,9H2,1-2H3. The number of nitro groups is 1. The molecule has 5 heteroatoms. The molecular weight excluding hydrogens is 320 g/mol. The number of benzene rings is 1. The summed E-state index contributed by atoms with van der Waals surface area (Å²) in [6.45, 7) is 5.13. The zero-order valence-electron chi connectivity index (χ0n) is 11.9. The van der Waals surface area contributed by atoms with Crippen molar-refractivity contribution in [2.24, 2.45) is 11.8 Å². The summed E-state index contributed by atoms with van der Waals surface area (Å²) in [6, 6.07) is 5.72. The van der Waals surface area contributed by atoms with Crippen LogP contribution in [0.15, 0.2) is 22.7 Å². The van der Waals surface area contributed by atoms with Gasteiger partial charge in [-0.2, -0.15) is 0 Å². The number of halogens is 1.